The lowest BCUT2D eigenvalue weighted by atomic mass is 9.63. The number of rotatable bonds is 4. The second-order valence-corrected chi connectivity index (χ2v) is 6.66. The van der Waals surface area contributed by atoms with Gasteiger partial charge in [0.25, 0.3) is 0 Å². The third-order valence-electron chi connectivity index (χ3n) is 6.10. The van der Waals surface area contributed by atoms with Crippen molar-refractivity contribution in [2.75, 3.05) is 7.05 Å². The molecule has 1 rings (SSSR count). The zero-order valence-electron chi connectivity index (χ0n) is 13.1. The number of piperidine rings is 1. The molecule has 1 heterocycles. The summed E-state index contributed by atoms with van der Waals surface area (Å²) in [6.07, 6.45) is 6.65. The van der Waals surface area contributed by atoms with Crippen LogP contribution in [-0.4, -0.2) is 23.0 Å². The summed E-state index contributed by atoms with van der Waals surface area (Å²) in [5.41, 5.74) is 0.778. The molecule has 17 heavy (non-hydrogen) atoms. The molecule has 102 valence electrons. The molecule has 0 aliphatic carbocycles. The van der Waals surface area contributed by atoms with Gasteiger partial charge in [-0.25, -0.2) is 0 Å². The number of likely N-dealkylation sites (tertiary alicyclic amines) is 1. The summed E-state index contributed by atoms with van der Waals surface area (Å²) in [5, 5.41) is 0. The van der Waals surface area contributed by atoms with Crippen molar-refractivity contribution >= 4 is 0 Å². The van der Waals surface area contributed by atoms with E-state index in [1.165, 1.54) is 32.1 Å². The summed E-state index contributed by atoms with van der Waals surface area (Å²) in [5.74, 6) is 1.73. The third kappa shape index (κ3) is 2.41. The molecule has 1 saturated heterocycles. The Morgan fingerprint density at radius 1 is 1.12 bits per heavy atom. The van der Waals surface area contributed by atoms with Gasteiger partial charge in [0.05, 0.1) is 0 Å². The molecule has 0 amide bonds. The van der Waals surface area contributed by atoms with Crippen LogP contribution in [0.3, 0.4) is 0 Å². The minimum absolute atomic E-state index is 0.378. The molecule has 4 unspecified atom stereocenters. The molecule has 0 aromatic carbocycles. The van der Waals surface area contributed by atoms with E-state index in [0.717, 1.165) is 11.8 Å². The van der Waals surface area contributed by atoms with Crippen LogP contribution in [0, 0.1) is 11.8 Å². The first-order valence-electron chi connectivity index (χ1n) is 7.59. The van der Waals surface area contributed by atoms with E-state index >= 15 is 0 Å². The van der Waals surface area contributed by atoms with Crippen LogP contribution in [0.1, 0.15) is 73.6 Å². The van der Waals surface area contributed by atoms with E-state index in [1.54, 1.807) is 0 Å². The van der Waals surface area contributed by atoms with Gasteiger partial charge in [0.1, 0.15) is 0 Å². The molecule has 1 nitrogen and oxygen atoms in total. The summed E-state index contributed by atoms with van der Waals surface area (Å²) in [6, 6.07) is 0. The van der Waals surface area contributed by atoms with Crippen LogP contribution in [0.2, 0.25) is 0 Å². The fraction of sp³-hybridized carbons (Fsp3) is 1.00. The van der Waals surface area contributed by atoms with E-state index in [1.807, 2.05) is 0 Å². The molecule has 0 bridgehead atoms. The van der Waals surface area contributed by atoms with Crippen molar-refractivity contribution in [2.24, 2.45) is 11.8 Å². The van der Waals surface area contributed by atoms with Crippen molar-refractivity contribution in [1.29, 1.82) is 0 Å². The highest BCUT2D eigenvalue weighted by atomic mass is 15.2. The zero-order valence-corrected chi connectivity index (χ0v) is 13.1. The SMILES string of the molecule is CCCC1CC(C)(CC)N(C)C(C)(CC)C1C. The van der Waals surface area contributed by atoms with Gasteiger partial charge in [-0.1, -0.05) is 40.5 Å². The van der Waals surface area contributed by atoms with Crippen molar-refractivity contribution in [2.45, 2.75) is 84.7 Å². The van der Waals surface area contributed by atoms with Crippen LogP contribution < -0.4 is 0 Å². The number of nitrogens with zero attached hydrogens (tertiary/aromatic N) is 1. The maximum Gasteiger partial charge on any atom is 0.0209 e. The van der Waals surface area contributed by atoms with Gasteiger partial charge in [-0.05, 0) is 52.0 Å². The van der Waals surface area contributed by atoms with Crippen molar-refractivity contribution in [3.8, 4) is 0 Å². The van der Waals surface area contributed by atoms with E-state index in [-0.39, 0.29) is 0 Å². The van der Waals surface area contributed by atoms with E-state index in [9.17, 15) is 0 Å². The van der Waals surface area contributed by atoms with Crippen LogP contribution in [0.25, 0.3) is 0 Å². The lowest BCUT2D eigenvalue weighted by Gasteiger charge is -2.60. The van der Waals surface area contributed by atoms with E-state index in [2.05, 4.69) is 53.5 Å². The zero-order chi connectivity index (χ0) is 13.3. The molecule has 1 aliphatic heterocycles. The van der Waals surface area contributed by atoms with Crippen LogP contribution in [0.5, 0.6) is 0 Å². The van der Waals surface area contributed by atoms with Crippen molar-refractivity contribution in [1.82, 2.24) is 4.90 Å². The molecule has 0 saturated carbocycles. The molecule has 0 aromatic rings. The Hall–Kier alpha value is -0.0400. The lowest BCUT2D eigenvalue weighted by Crippen LogP contribution is -2.64. The second-order valence-electron chi connectivity index (χ2n) is 6.66. The molecule has 0 spiro atoms. The molecular formula is C16H33N. The molecule has 0 N–H and O–H groups in total. The standard InChI is InChI=1S/C16H33N/c1-8-11-14-12-15(5,9-2)17(7)16(6,10-3)13(14)4/h13-14H,8-12H2,1-7H3. The summed E-state index contributed by atoms with van der Waals surface area (Å²) in [7, 11) is 2.35. The van der Waals surface area contributed by atoms with Crippen LogP contribution in [0.15, 0.2) is 0 Å². The van der Waals surface area contributed by atoms with Gasteiger partial charge < -0.3 is 0 Å². The summed E-state index contributed by atoms with van der Waals surface area (Å²) in [4.78, 5) is 2.69. The maximum atomic E-state index is 2.69. The summed E-state index contributed by atoms with van der Waals surface area (Å²) in [6.45, 7) is 14.5. The Morgan fingerprint density at radius 3 is 2.12 bits per heavy atom. The van der Waals surface area contributed by atoms with Gasteiger partial charge in [0.15, 0.2) is 0 Å². The van der Waals surface area contributed by atoms with Gasteiger partial charge in [0.2, 0.25) is 0 Å². The summed E-state index contributed by atoms with van der Waals surface area (Å²) < 4.78 is 0. The van der Waals surface area contributed by atoms with Gasteiger partial charge in [-0.2, -0.15) is 0 Å². The first kappa shape index (κ1) is 15.0. The van der Waals surface area contributed by atoms with Crippen molar-refractivity contribution in [3.05, 3.63) is 0 Å². The Labute approximate surface area is 109 Å². The van der Waals surface area contributed by atoms with E-state index in [0.29, 0.717) is 11.1 Å². The highest BCUT2D eigenvalue weighted by Crippen LogP contribution is 2.48. The van der Waals surface area contributed by atoms with E-state index < -0.39 is 0 Å². The van der Waals surface area contributed by atoms with E-state index in [4.69, 9.17) is 0 Å². The van der Waals surface area contributed by atoms with Crippen LogP contribution in [-0.2, 0) is 0 Å². The molecule has 1 fully saturated rings. The topological polar surface area (TPSA) is 3.24 Å². The monoisotopic (exact) mass is 239 g/mol. The van der Waals surface area contributed by atoms with Gasteiger partial charge in [-0.3, -0.25) is 4.90 Å². The minimum atomic E-state index is 0.378. The maximum absolute atomic E-state index is 2.69. The van der Waals surface area contributed by atoms with Gasteiger partial charge >= 0.3 is 0 Å². The highest BCUT2D eigenvalue weighted by molar-refractivity contribution is 5.04. The third-order valence-corrected chi connectivity index (χ3v) is 6.10. The van der Waals surface area contributed by atoms with Crippen molar-refractivity contribution in [3.63, 3.8) is 0 Å². The largest absolute Gasteiger partial charge is 0.295 e. The number of hydrogen-bond donors (Lipinski definition) is 0. The van der Waals surface area contributed by atoms with Crippen LogP contribution >= 0.6 is 0 Å². The van der Waals surface area contributed by atoms with Gasteiger partial charge in [-0.15, -0.1) is 0 Å². The Kier molecular flexibility index (Phi) is 4.68. The molecule has 1 heteroatoms. The molecule has 1 aliphatic rings. The number of hydrogen-bond acceptors (Lipinski definition) is 1. The van der Waals surface area contributed by atoms with Gasteiger partial charge in [0, 0.05) is 11.1 Å². The Balaban J connectivity index is 3.04. The minimum Gasteiger partial charge on any atom is -0.295 e. The summed E-state index contributed by atoms with van der Waals surface area (Å²) >= 11 is 0. The Bertz CT molecular complexity index is 250. The fourth-order valence-electron chi connectivity index (χ4n) is 3.97. The predicted molar refractivity (Wildman–Crippen MR) is 77.3 cm³/mol. The van der Waals surface area contributed by atoms with Crippen molar-refractivity contribution < 1.29 is 0 Å². The fourth-order valence-corrected chi connectivity index (χ4v) is 3.97. The molecule has 0 aromatic heterocycles. The smallest absolute Gasteiger partial charge is 0.0209 e. The first-order valence-corrected chi connectivity index (χ1v) is 7.59. The lowest BCUT2D eigenvalue weighted by molar-refractivity contribution is -0.0942. The molecule has 0 radical (unpaired) electrons. The second kappa shape index (κ2) is 5.30. The first-order chi connectivity index (χ1) is 7.85. The normalized spacial score (nSPS) is 43.9. The Morgan fingerprint density at radius 2 is 1.71 bits per heavy atom. The van der Waals surface area contributed by atoms with Crippen LogP contribution in [0.4, 0.5) is 0 Å². The highest BCUT2D eigenvalue weighted by Gasteiger charge is 2.50. The molecule has 4 atom stereocenters. The average Bonchev–Trinajstić information content (AvgIpc) is 2.33. The molecular weight excluding hydrogens is 206 g/mol. The quantitative estimate of drug-likeness (QED) is 0.686. The predicted octanol–water partition coefficient (Wildman–Crippen LogP) is 4.71. The average molecular weight is 239 g/mol.